The summed E-state index contributed by atoms with van der Waals surface area (Å²) in [6, 6.07) is 6.82. The number of rotatable bonds is 6. The highest BCUT2D eigenvalue weighted by molar-refractivity contribution is 14.0. The van der Waals surface area contributed by atoms with Gasteiger partial charge in [0, 0.05) is 45.1 Å². The van der Waals surface area contributed by atoms with E-state index in [1.807, 2.05) is 26.0 Å². The minimum Gasteiger partial charge on any atom is -0.491 e. The first-order valence-corrected chi connectivity index (χ1v) is 9.67. The van der Waals surface area contributed by atoms with E-state index in [0.29, 0.717) is 13.2 Å². The Morgan fingerprint density at radius 1 is 1.17 bits per heavy atom. The summed E-state index contributed by atoms with van der Waals surface area (Å²) in [7, 11) is 0. The number of piperazine rings is 1. The maximum atomic E-state index is 14.1. The molecule has 7 nitrogen and oxygen atoms in total. The lowest BCUT2D eigenvalue weighted by molar-refractivity contribution is 0.321. The van der Waals surface area contributed by atoms with Crippen molar-refractivity contribution in [3.63, 3.8) is 0 Å². The second-order valence-corrected chi connectivity index (χ2v) is 6.39. The lowest BCUT2D eigenvalue weighted by Gasteiger charge is -2.36. The van der Waals surface area contributed by atoms with Crippen LogP contribution in [0.4, 0.5) is 10.3 Å². The molecule has 1 aromatic carbocycles. The fourth-order valence-electron chi connectivity index (χ4n) is 3.08. The van der Waals surface area contributed by atoms with E-state index in [2.05, 4.69) is 25.1 Å². The first kappa shape index (κ1) is 23.1. The smallest absolute Gasteiger partial charge is 0.225 e. The van der Waals surface area contributed by atoms with E-state index in [4.69, 9.17) is 9.73 Å². The normalized spacial score (nSPS) is 14.4. The van der Waals surface area contributed by atoms with Crippen LogP contribution in [0.3, 0.4) is 0 Å². The molecular formula is C20H28FIN6O. The molecule has 0 saturated carbocycles. The van der Waals surface area contributed by atoms with E-state index >= 15 is 0 Å². The van der Waals surface area contributed by atoms with Gasteiger partial charge in [-0.2, -0.15) is 0 Å². The van der Waals surface area contributed by atoms with Crippen LogP contribution in [0.2, 0.25) is 0 Å². The highest BCUT2D eigenvalue weighted by atomic mass is 127. The first-order chi connectivity index (χ1) is 13.7. The third-order valence-corrected chi connectivity index (χ3v) is 4.46. The monoisotopic (exact) mass is 514 g/mol. The zero-order chi connectivity index (χ0) is 19.8. The van der Waals surface area contributed by atoms with Gasteiger partial charge in [-0.25, -0.2) is 19.4 Å². The van der Waals surface area contributed by atoms with Gasteiger partial charge in [-0.05, 0) is 37.6 Å². The average Bonchev–Trinajstić information content (AvgIpc) is 2.74. The van der Waals surface area contributed by atoms with Crippen LogP contribution in [-0.2, 0) is 6.54 Å². The van der Waals surface area contributed by atoms with Crippen molar-refractivity contribution in [1.82, 2.24) is 20.2 Å². The van der Waals surface area contributed by atoms with Crippen LogP contribution >= 0.6 is 24.0 Å². The molecule has 0 radical (unpaired) electrons. The summed E-state index contributed by atoms with van der Waals surface area (Å²) in [6.07, 6.45) is 3.52. The number of guanidine groups is 1. The van der Waals surface area contributed by atoms with Gasteiger partial charge < -0.3 is 19.9 Å². The van der Waals surface area contributed by atoms with Gasteiger partial charge in [-0.3, -0.25) is 0 Å². The molecule has 1 aliphatic heterocycles. The predicted molar refractivity (Wildman–Crippen MR) is 124 cm³/mol. The van der Waals surface area contributed by atoms with Gasteiger partial charge in [0.2, 0.25) is 5.95 Å². The van der Waals surface area contributed by atoms with Crippen molar-refractivity contribution in [2.45, 2.75) is 20.4 Å². The molecule has 2 heterocycles. The lowest BCUT2D eigenvalue weighted by atomic mass is 10.2. The molecule has 9 heteroatoms. The summed E-state index contributed by atoms with van der Waals surface area (Å²) >= 11 is 0. The van der Waals surface area contributed by atoms with E-state index in [1.54, 1.807) is 18.5 Å². The van der Waals surface area contributed by atoms with Gasteiger partial charge in [0.1, 0.15) is 0 Å². The van der Waals surface area contributed by atoms with Crippen LogP contribution < -0.4 is 15.0 Å². The summed E-state index contributed by atoms with van der Waals surface area (Å²) < 4.78 is 19.3. The van der Waals surface area contributed by atoms with Crippen LogP contribution in [0.25, 0.3) is 0 Å². The van der Waals surface area contributed by atoms with E-state index in [9.17, 15) is 4.39 Å². The summed E-state index contributed by atoms with van der Waals surface area (Å²) in [6.45, 7) is 8.80. The topological polar surface area (TPSA) is 65.9 Å². The van der Waals surface area contributed by atoms with Crippen molar-refractivity contribution in [2.24, 2.45) is 4.99 Å². The molecule has 1 aliphatic rings. The molecule has 3 rings (SSSR count). The van der Waals surface area contributed by atoms with Gasteiger partial charge >= 0.3 is 0 Å². The molecule has 1 N–H and O–H groups in total. The Labute approximate surface area is 188 Å². The van der Waals surface area contributed by atoms with Gasteiger partial charge in [0.05, 0.1) is 13.2 Å². The molecule has 0 spiro atoms. The first-order valence-electron chi connectivity index (χ1n) is 9.67. The summed E-state index contributed by atoms with van der Waals surface area (Å²) in [4.78, 5) is 17.7. The van der Waals surface area contributed by atoms with Crippen LogP contribution in [0.15, 0.2) is 41.7 Å². The SMILES string of the molecule is CCNC(=NCc1ccc(OCC)c(F)c1)N1CCN(c2ncccn2)CC1.I. The summed E-state index contributed by atoms with van der Waals surface area (Å²) in [5.41, 5.74) is 0.813. The molecule has 2 aromatic rings. The standard InChI is InChI=1S/C20H27FN6O.HI/c1-3-22-19(25-15-16-6-7-18(28-4-2)17(21)14-16)26-10-12-27(13-11-26)20-23-8-5-9-24-20;/h5-9,14H,3-4,10-13,15H2,1-2H3,(H,22,25);1H. The second kappa shape index (κ2) is 11.7. The Morgan fingerprint density at radius 2 is 1.90 bits per heavy atom. The Bertz CT molecular complexity index is 784. The zero-order valence-corrected chi connectivity index (χ0v) is 19.2. The Hall–Kier alpha value is -2.17. The summed E-state index contributed by atoms with van der Waals surface area (Å²) in [5, 5.41) is 3.33. The molecule has 0 unspecified atom stereocenters. The third-order valence-electron chi connectivity index (χ3n) is 4.46. The number of anilines is 1. The quantitative estimate of drug-likeness (QED) is 0.364. The second-order valence-electron chi connectivity index (χ2n) is 6.39. The Balaban J connectivity index is 0.00000300. The van der Waals surface area contributed by atoms with Crippen LogP contribution in [0.5, 0.6) is 5.75 Å². The van der Waals surface area contributed by atoms with Crippen molar-refractivity contribution in [3.05, 3.63) is 48.0 Å². The van der Waals surface area contributed by atoms with Crippen LogP contribution in [-0.4, -0.2) is 60.2 Å². The molecule has 158 valence electrons. The van der Waals surface area contributed by atoms with Gasteiger partial charge in [0.15, 0.2) is 17.5 Å². The molecule has 0 amide bonds. The molecule has 1 saturated heterocycles. The van der Waals surface area contributed by atoms with Gasteiger partial charge in [-0.1, -0.05) is 6.07 Å². The minimum absolute atomic E-state index is 0. The fraction of sp³-hybridized carbons (Fsp3) is 0.450. The van der Waals surface area contributed by atoms with E-state index < -0.39 is 0 Å². The van der Waals surface area contributed by atoms with E-state index in [-0.39, 0.29) is 35.5 Å². The highest BCUT2D eigenvalue weighted by Crippen LogP contribution is 2.19. The number of nitrogens with zero attached hydrogens (tertiary/aromatic N) is 5. The van der Waals surface area contributed by atoms with Crippen molar-refractivity contribution in [3.8, 4) is 5.75 Å². The zero-order valence-electron chi connectivity index (χ0n) is 16.8. The average molecular weight is 514 g/mol. The van der Waals surface area contributed by atoms with Crippen molar-refractivity contribution < 1.29 is 9.13 Å². The molecule has 0 bridgehead atoms. The van der Waals surface area contributed by atoms with Crippen LogP contribution in [0.1, 0.15) is 19.4 Å². The minimum atomic E-state index is -0.351. The third kappa shape index (κ3) is 6.41. The van der Waals surface area contributed by atoms with Crippen LogP contribution in [0, 0.1) is 5.82 Å². The van der Waals surface area contributed by atoms with Gasteiger partial charge in [-0.15, -0.1) is 24.0 Å². The molecule has 0 atom stereocenters. The molecule has 1 aromatic heterocycles. The molecular weight excluding hydrogens is 486 g/mol. The number of hydrogen-bond donors (Lipinski definition) is 1. The number of ether oxygens (including phenoxy) is 1. The van der Waals surface area contributed by atoms with Crippen molar-refractivity contribution in [2.75, 3.05) is 44.2 Å². The largest absolute Gasteiger partial charge is 0.491 e. The Morgan fingerprint density at radius 3 is 2.52 bits per heavy atom. The van der Waals surface area contributed by atoms with Gasteiger partial charge in [0.25, 0.3) is 0 Å². The lowest BCUT2D eigenvalue weighted by Crippen LogP contribution is -2.52. The van der Waals surface area contributed by atoms with E-state index in [1.165, 1.54) is 6.07 Å². The number of benzene rings is 1. The summed E-state index contributed by atoms with van der Waals surface area (Å²) in [5.74, 6) is 1.52. The number of hydrogen-bond acceptors (Lipinski definition) is 5. The number of aliphatic imine (C=N–C) groups is 1. The fourth-order valence-corrected chi connectivity index (χ4v) is 3.08. The van der Waals surface area contributed by atoms with E-state index in [0.717, 1.165) is 50.2 Å². The Kier molecular flexibility index (Phi) is 9.36. The maximum Gasteiger partial charge on any atom is 0.225 e. The number of halogens is 2. The predicted octanol–water partition coefficient (Wildman–Crippen LogP) is 2.92. The number of aromatic nitrogens is 2. The van der Waals surface area contributed by atoms with Crippen molar-refractivity contribution >= 4 is 35.9 Å². The number of nitrogens with one attached hydrogen (secondary N) is 1. The highest BCUT2D eigenvalue weighted by Gasteiger charge is 2.21. The molecule has 0 aliphatic carbocycles. The molecule has 29 heavy (non-hydrogen) atoms. The van der Waals surface area contributed by atoms with Crippen molar-refractivity contribution in [1.29, 1.82) is 0 Å². The maximum absolute atomic E-state index is 14.1. The molecule has 1 fully saturated rings.